The van der Waals surface area contributed by atoms with Crippen molar-refractivity contribution in [2.24, 2.45) is 5.41 Å². The Hall–Kier alpha value is -1.39. The molecular weight excluding hydrogens is 254 g/mol. The molecule has 4 nitrogen and oxygen atoms in total. The molecule has 0 bridgehead atoms. The molecule has 1 aromatic carbocycles. The number of nitrogens with one attached hydrogen (secondary N) is 1. The molecule has 0 aliphatic heterocycles. The molecule has 1 aliphatic carbocycles. The van der Waals surface area contributed by atoms with Crippen LogP contribution in [-0.2, 0) is 21.0 Å². The lowest BCUT2D eigenvalue weighted by molar-refractivity contribution is -0.157. The van der Waals surface area contributed by atoms with Crippen LogP contribution in [0.1, 0.15) is 37.7 Å². The van der Waals surface area contributed by atoms with Crippen LogP contribution in [0.4, 0.5) is 0 Å². The van der Waals surface area contributed by atoms with Gasteiger partial charge in [-0.15, -0.1) is 0 Å². The zero-order chi connectivity index (χ0) is 14.3. The standard InChI is InChI=1S/C16H23NO3/c1-19-15(18)16(10-6-3-7-11-16)13-17-20-12-14-8-4-2-5-9-14/h2,4-5,8-9,17H,3,6-7,10-13H2,1H3. The van der Waals surface area contributed by atoms with Crippen LogP contribution in [0.25, 0.3) is 0 Å². The average Bonchev–Trinajstić information content (AvgIpc) is 2.53. The average molecular weight is 277 g/mol. The molecule has 0 spiro atoms. The van der Waals surface area contributed by atoms with Gasteiger partial charge in [0.2, 0.25) is 0 Å². The van der Waals surface area contributed by atoms with Crippen molar-refractivity contribution in [2.75, 3.05) is 13.7 Å². The van der Waals surface area contributed by atoms with E-state index in [2.05, 4.69) is 5.48 Å². The molecular formula is C16H23NO3. The molecule has 1 fully saturated rings. The molecule has 0 aromatic heterocycles. The fourth-order valence-electron chi connectivity index (χ4n) is 2.80. The number of hydrogen-bond acceptors (Lipinski definition) is 4. The first kappa shape index (κ1) is 15.0. The lowest BCUT2D eigenvalue weighted by atomic mass is 9.74. The van der Waals surface area contributed by atoms with Crippen molar-refractivity contribution in [3.63, 3.8) is 0 Å². The highest BCUT2D eigenvalue weighted by Gasteiger charge is 2.40. The van der Waals surface area contributed by atoms with Crippen molar-refractivity contribution in [1.29, 1.82) is 0 Å². The summed E-state index contributed by atoms with van der Waals surface area (Å²) in [5, 5.41) is 0. The van der Waals surface area contributed by atoms with Crippen LogP contribution in [0.15, 0.2) is 30.3 Å². The molecule has 1 aliphatic rings. The lowest BCUT2D eigenvalue weighted by Gasteiger charge is -2.34. The van der Waals surface area contributed by atoms with Gasteiger partial charge in [-0.1, -0.05) is 49.6 Å². The van der Waals surface area contributed by atoms with Gasteiger partial charge in [-0.05, 0) is 18.4 Å². The number of hydroxylamine groups is 1. The largest absolute Gasteiger partial charge is 0.469 e. The Balaban J connectivity index is 1.82. The fourth-order valence-corrected chi connectivity index (χ4v) is 2.80. The molecule has 20 heavy (non-hydrogen) atoms. The lowest BCUT2D eigenvalue weighted by Crippen LogP contribution is -2.43. The van der Waals surface area contributed by atoms with Crippen LogP contribution in [0.5, 0.6) is 0 Å². The zero-order valence-electron chi connectivity index (χ0n) is 12.1. The number of esters is 1. The number of benzene rings is 1. The van der Waals surface area contributed by atoms with Crippen molar-refractivity contribution in [3.05, 3.63) is 35.9 Å². The summed E-state index contributed by atoms with van der Waals surface area (Å²) in [6.45, 7) is 1.02. The summed E-state index contributed by atoms with van der Waals surface area (Å²) in [5.74, 6) is -0.118. The van der Waals surface area contributed by atoms with Gasteiger partial charge in [-0.2, -0.15) is 0 Å². The molecule has 1 saturated carbocycles. The second kappa shape index (κ2) is 7.41. The topological polar surface area (TPSA) is 47.6 Å². The van der Waals surface area contributed by atoms with Crippen molar-refractivity contribution in [2.45, 2.75) is 38.7 Å². The maximum absolute atomic E-state index is 12.0. The summed E-state index contributed by atoms with van der Waals surface area (Å²) >= 11 is 0. The van der Waals surface area contributed by atoms with Crippen molar-refractivity contribution >= 4 is 5.97 Å². The third kappa shape index (κ3) is 3.81. The first-order valence-corrected chi connectivity index (χ1v) is 7.24. The van der Waals surface area contributed by atoms with E-state index < -0.39 is 5.41 Å². The predicted octanol–water partition coefficient (Wildman–Crippen LogP) is 2.83. The van der Waals surface area contributed by atoms with Crippen LogP contribution >= 0.6 is 0 Å². The number of carbonyl (C=O) groups excluding carboxylic acids is 1. The zero-order valence-corrected chi connectivity index (χ0v) is 12.1. The third-order valence-electron chi connectivity index (χ3n) is 4.02. The van der Waals surface area contributed by atoms with Crippen LogP contribution < -0.4 is 5.48 Å². The van der Waals surface area contributed by atoms with Gasteiger partial charge in [0, 0.05) is 6.54 Å². The maximum atomic E-state index is 12.0. The second-order valence-corrected chi connectivity index (χ2v) is 5.43. The molecule has 0 amide bonds. The minimum absolute atomic E-state index is 0.118. The minimum atomic E-state index is -0.413. The SMILES string of the molecule is COC(=O)C1(CNOCc2ccccc2)CCCCC1. The predicted molar refractivity (Wildman–Crippen MR) is 76.8 cm³/mol. The quantitative estimate of drug-likeness (QED) is 0.493. The Morgan fingerprint density at radius 1 is 1.20 bits per heavy atom. The van der Waals surface area contributed by atoms with E-state index in [1.54, 1.807) is 0 Å². The van der Waals surface area contributed by atoms with Crippen molar-refractivity contribution < 1.29 is 14.4 Å². The van der Waals surface area contributed by atoms with Crippen LogP contribution in [0.2, 0.25) is 0 Å². The van der Waals surface area contributed by atoms with Gasteiger partial charge >= 0.3 is 5.97 Å². The first-order valence-electron chi connectivity index (χ1n) is 7.24. The summed E-state index contributed by atoms with van der Waals surface area (Å²) in [7, 11) is 1.46. The van der Waals surface area contributed by atoms with Gasteiger partial charge < -0.3 is 4.74 Å². The molecule has 0 heterocycles. The second-order valence-electron chi connectivity index (χ2n) is 5.43. The molecule has 0 atom stereocenters. The highest BCUT2D eigenvalue weighted by molar-refractivity contribution is 5.77. The van der Waals surface area contributed by atoms with E-state index >= 15 is 0 Å². The van der Waals surface area contributed by atoms with E-state index in [-0.39, 0.29) is 5.97 Å². The van der Waals surface area contributed by atoms with Gasteiger partial charge in [0.05, 0.1) is 19.1 Å². The summed E-state index contributed by atoms with van der Waals surface area (Å²) < 4.78 is 4.97. The molecule has 0 saturated heterocycles. The van der Waals surface area contributed by atoms with E-state index in [1.807, 2.05) is 30.3 Å². The van der Waals surface area contributed by atoms with Gasteiger partial charge in [0.25, 0.3) is 0 Å². The Labute approximate surface area is 120 Å². The number of ether oxygens (including phenoxy) is 1. The van der Waals surface area contributed by atoms with Crippen molar-refractivity contribution in [3.8, 4) is 0 Å². The van der Waals surface area contributed by atoms with Gasteiger partial charge in [0.1, 0.15) is 0 Å². The summed E-state index contributed by atoms with van der Waals surface area (Å²) in [6, 6.07) is 9.97. The van der Waals surface area contributed by atoms with E-state index in [9.17, 15) is 4.79 Å². The van der Waals surface area contributed by atoms with E-state index in [0.29, 0.717) is 13.2 Å². The monoisotopic (exact) mass is 277 g/mol. The van der Waals surface area contributed by atoms with Crippen LogP contribution in [0, 0.1) is 5.41 Å². The number of methoxy groups -OCH3 is 1. The van der Waals surface area contributed by atoms with Crippen LogP contribution in [0.3, 0.4) is 0 Å². The number of hydrogen-bond donors (Lipinski definition) is 1. The summed E-state index contributed by atoms with van der Waals surface area (Å²) in [5.41, 5.74) is 3.65. The minimum Gasteiger partial charge on any atom is -0.469 e. The van der Waals surface area contributed by atoms with E-state index in [1.165, 1.54) is 13.5 Å². The summed E-state index contributed by atoms with van der Waals surface area (Å²) in [6.07, 6.45) is 5.11. The Morgan fingerprint density at radius 3 is 2.55 bits per heavy atom. The number of carbonyl (C=O) groups is 1. The highest BCUT2D eigenvalue weighted by atomic mass is 16.6. The van der Waals surface area contributed by atoms with E-state index in [4.69, 9.17) is 9.57 Å². The Bertz CT molecular complexity index is 413. The van der Waals surface area contributed by atoms with Gasteiger partial charge in [-0.3, -0.25) is 9.63 Å². The summed E-state index contributed by atoms with van der Waals surface area (Å²) in [4.78, 5) is 17.5. The molecule has 0 unspecified atom stereocenters. The van der Waals surface area contributed by atoms with E-state index in [0.717, 1.165) is 31.2 Å². The first-order chi connectivity index (χ1) is 9.77. The molecule has 0 radical (unpaired) electrons. The smallest absolute Gasteiger partial charge is 0.313 e. The number of rotatable bonds is 6. The fraction of sp³-hybridized carbons (Fsp3) is 0.562. The van der Waals surface area contributed by atoms with Crippen molar-refractivity contribution in [1.82, 2.24) is 5.48 Å². The van der Waals surface area contributed by atoms with Gasteiger partial charge in [-0.25, -0.2) is 5.48 Å². The Morgan fingerprint density at radius 2 is 1.90 bits per heavy atom. The Kier molecular flexibility index (Phi) is 5.56. The molecule has 1 N–H and O–H groups in total. The third-order valence-corrected chi connectivity index (χ3v) is 4.02. The van der Waals surface area contributed by atoms with Gasteiger partial charge in [0.15, 0.2) is 0 Å². The molecule has 1 aromatic rings. The highest BCUT2D eigenvalue weighted by Crippen LogP contribution is 2.36. The maximum Gasteiger partial charge on any atom is 0.313 e. The molecule has 2 rings (SSSR count). The normalized spacial score (nSPS) is 17.6. The van der Waals surface area contributed by atoms with Crippen LogP contribution in [-0.4, -0.2) is 19.6 Å². The molecule has 110 valence electrons. The molecule has 4 heteroatoms.